The quantitative estimate of drug-likeness (QED) is 0.915. The minimum atomic E-state index is -0.383. The van der Waals surface area contributed by atoms with Crippen LogP contribution in [0.1, 0.15) is 23.0 Å². The third-order valence-corrected chi connectivity index (χ3v) is 3.01. The summed E-state index contributed by atoms with van der Waals surface area (Å²) in [5, 5.41) is 0. The monoisotopic (exact) mass is 258 g/mol. The topological polar surface area (TPSA) is 57.4 Å². The van der Waals surface area contributed by atoms with E-state index >= 15 is 0 Å². The van der Waals surface area contributed by atoms with E-state index in [0.717, 1.165) is 17.0 Å². The van der Waals surface area contributed by atoms with Crippen LogP contribution in [0.15, 0.2) is 36.4 Å². The van der Waals surface area contributed by atoms with E-state index < -0.39 is 0 Å². The number of nitrogens with two attached hydrogens (primary N) is 1. The molecular formula is C15H18N2O2. The lowest BCUT2D eigenvalue weighted by molar-refractivity contribution is 0.382. The number of aromatic nitrogens is 1. The summed E-state index contributed by atoms with van der Waals surface area (Å²) in [6.07, 6.45) is 0. The minimum Gasteiger partial charge on any atom is -0.496 e. The molecule has 100 valence electrons. The molecule has 0 saturated carbocycles. The molecule has 0 amide bonds. The van der Waals surface area contributed by atoms with Gasteiger partial charge in [-0.25, -0.2) is 0 Å². The van der Waals surface area contributed by atoms with Crippen molar-refractivity contribution in [2.75, 3.05) is 14.2 Å². The molecule has 2 N–H and O–H groups in total. The first-order chi connectivity index (χ1) is 9.17. The summed E-state index contributed by atoms with van der Waals surface area (Å²) in [4.78, 5) is 4.46. The molecule has 2 aromatic rings. The normalized spacial score (nSPS) is 12.0. The van der Waals surface area contributed by atoms with E-state index in [1.54, 1.807) is 14.2 Å². The third-order valence-electron chi connectivity index (χ3n) is 3.01. The summed E-state index contributed by atoms with van der Waals surface area (Å²) >= 11 is 0. The van der Waals surface area contributed by atoms with Gasteiger partial charge in [0.05, 0.1) is 31.5 Å². The fourth-order valence-electron chi connectivity index (χ4n) is 2.07. The Morgan fingerprint density at radius 2 is 1.58 bits per heavy atom. The van der Waals surface area contributed by atoms with Crippen LogP contribution >= 0.6 is 0 Å². The highest BCUT2D eigenvalue weighted by atomic mass is 16.5. The number of hydrogen-bond acceptors (Lipinski definition) is 4. The number of aryl methyl sites for hydroxylation is 1. The van der Waals surface area contributed by atoms with Crippen LogP contribution in [0.4, 0.5) is 0 Å². The molecule has 0 aliphatic heterocycles. The maximum atomic E-state index is 6.32. The Morgan fingerprint density at radius 3 is 2.11 bits per heavy atom. The van der Waals surface area contributed by atoms with Crippen molar-refractivity contribution in [3.63, 3.8) is 0 Å². The largest absolute Gasteiger partial charge is 0.496 e. The van der Waals surface area contributed by atoms with Crippen LogP contribution in [0.5, 0.6) is 11.5 Å². The molecule has 0 bridgehead atoms. The summed E-state index contributed by atoms with van der Waals surface area (Å²) in [6.45, 7) is 1.94. The van der Waals surface area contributed by atoms with E-state index in [1.165, 1.54) is 0 Å². The zero-order valence-corrected chi connectivity index (χ0v) is 11.4. The zero-order valence-electron chi connectivity index (χ0n) is 11.4. The average molecular weight is 258 g/mol. The zero-order chi connectivity index (χ0) is 13.8. The molecule has 0 fully saturated rings. The van der Waals surface area contributed by atoms with E-state index in [0.29, 0.717) is 11.5 Å². The highest BCUT2D eigenvalue weighted by Crippen LogP contribution is 2.35. The van der Waals surface area contributed by atoms with Gasteiger partial charge in [0, 0.05) is 5.69 Å². The Hall–Kier alpha value is -2.07. The Bertz CT molecular complexity index is 548. The number of pyridine rings is 1. The van der Waals surface area contributed by atoms with Crippen LogP contribution < -0.4 is 15.2 Å². The summed E-state index contributed by atoms with van der Waals surface area (Å²) in [5.41, 5.74) is 8.85. The molecule has 0 saturated heterocycles. The van der Waals surface area contributed by atoms with Gasteiger partial charge in [-0.05, 0) is 31.2 Å². The van der Waals surface area contributed by atoms with Gasteiger partial charge >= 0.3 is 0 Å². The average Bonchev–Trinajstić information content (AvgIpc) is 2.45. The number of benzene rings is 1. The van der Waals surface area contributed by atoms with Gasteiger partial charge in [0.15, 0.2) is 0 Å². The number of hydrogen-bond donors (Lipinski definition) is 1. The van der Waals surface area contributed by atoms with Gasteiger partial charge in [-0.1, -0.05) is 12.1 Å². The van der Waals surface area contributed by atoms with Crippen molar-refractivity contribution in [3.8, 4) is 11.5 Å². The SMILES string of the molecule is COc1cccc(OC)c1C(N)c1cccc(C)n1. The van der Waals surface area contributed by atoms with Gasteiger partial charge in [-0.15, -0.1) is 0 Å². The molecule has 1 atom stereocenters. The summed E-state index contributed by atoms with van der Waals surface area (Å²) in [7, 11) is 3.24. The molecule has 2 rings (SSSR count). The van der Waals surface area contributed by atoms with Crippen molar-refractivity contribution in [2.24, 2.45) is 5.73 Å². The maximum absolute atomic E-state index is 6.32. The van der Waals surface area contributed by atoms with E-state index in [1.807, 2.05) is 43.3 Å². The van der Waals surface area contributed by atoms with Crippen molar-refractivity contribution >= 4 is 0 Å². The van der Waals surface area contributed by atoms with Crippen molar-refractivity contribution in [2.45, 2.75) is 13.0 Å². The van der Waals surface area contributed by atoms with E-state index in [-0.39, 0.29) is 6.04 Å². The van der Waals surface area contributed by atoms with Gasteiger partial charge in [0.2, 0.25) is 0 Å². The molecule has 1 unspecified atom stereocenters. The molecule has 19 heavy (non-hydrogen) atoms. The Balaban J connectivity index is 2.51. The molecule has 0 spiro atoms. The third kappa shape index (κ3) is 2.69. The van der Waals surface area contributed by atoms with Gasteiger partial charge < -0.3 is 15.2 Å². The number of rotatable bonds is 4. The minimum absolute atomic E-state index is 0.383. The second-order valence-electron chi connectivity index (χ2n) is 4.26. The molecule has 1 aromatic heterocycles. The molecule has 4 nitrogen and oxygen atoms in total. The Labute approximate surface area is 113 Å². The van der Waals surface area contributed by atoms with Crippen molar-refractivity contribution < 1.29 is 9.47 Å². The molecule has 0 aliphatic rings. The van der Waals surface area contributed by atoms with Crippen molar-refractivity contribution in [3.05, 3.63) is 53.3 Å². The van der Waals surface area contributed by atoms with Crippen LogP contribution in [0.2, 0.25) is 0 Å². The highest BCUT2D eigenvalue weighted by molar-refractivity contribution is 5.49. The second-order valence-corrected chi connectivity index (χ2v) is 4.26. The first kappa shape index (κ1) is 13.4. The Morgan fingerprint density at radius 1 is 1.00 bits per heavy atom. The smallest absolute Gasteiger partial charge is 0.127 e. The standard InChI is InChI=1S/C15H18N2O2/c1-10-6-4-7-11(17-10)15(16)14-12(18-2)8-5-9-13(14)19-3/h4-9,15H,16H2,1-3H3. The van der Waals surface area contributed by atoms with Crippen LogP contribution in [-0.4, -0.2) is 19.2 Å². The summed E-state index contributed by atoms with van der Waals surface area (Å²) in [5.74, 6) is 1.41. The summed E-state index contributed by atoms with van der Waals surface area (Å²) in [6, 6.07) is 11.0. The first-order valence-corrected chi connectivity index (χ1v) is 6.07. The van der Waals surface area contributed by atoms with Gasteiger partial charge in [0.1, 0.15) is 11.5 Å². The number of ether oxygens (including phenoxy) is 2. The lowest BCUT2D eigenvalue weighted by atomic mass is 10.0. The predicted octanol–water partition coefficient (Wildman–Crippen LogP) is 2.46. The first-order valence-electron chi connectivity index (χ1n) is 6.07. The second kappa shape index (κ2) is 5.71. The highest BCUT2D eigenvalue weighted by Gasteiger charge is 2.20. The molecule has 1 aromatic carbocycles. The lowest BCUT2D eigenvalue weighted by Crippen LogP contribution is -2.16. The van der Waals surface area contributed by atoms with E-state index in [4.69, 9.17) is 15.2 Å². The number of methoxy groups -OCH3 is 2. The maximum Gasteiger partial charge on any atom is 0.127 e. The predicted molar refractivity (Wildman–Crippen MR) is 74.6 cm³/mol. The molecule has 0 radical (unpaired) electrons. The molecule has 4 heteroatoms. The van der Waals surface area contributed by atoms with Crippen molar-refractivity contribution in [1.29, 1.82) is 0 Å². The van der Waals surface area contributed by atoms with Crippen LogP contribution in [0, 0.1) is 6.92 Å². The van der Waals surface area contributed by atoms with Gasteiger partial charge in [-0.2, -0.15) is 0 Å². The van der Waals surface area contributed by atoms with E-state index in [9.17, 15) is 0 Å². The van der Waals surface area contributed by atoms with Gasteiger partial charge in [0.25, 0.3) is 0 Å². The molecule has 0 aliphatic carbocycles. The van der Waals surface area contributed by atoms with Crippen LogP contribution in [0.25, 0.3) is 0 Å². The Kier molecular flexibility index (Phi) is 4.02. The fourth-order valence-corrected chi connectivity index (χ4v) is 2.07. The van der Waals surface area contributed by atoms with E-state index in [2.05, 4.69) is 4.98 Å². The van der Waals surface area contributed by atoms with Crippen molar-refractivity contribution in [1.82, 2.24) is 4.98 Å². The molecule has 1 heterocycles. The molecular weight excluding hydrogens is 240 g/mol. The van der Waals surface area contributed by atoms with Gasteiger partial charge in [-0.3, -0.25) is 4.98 Å². The fraction of sp³-hybridized carbons (Fsp3) is 0.267. The summed E-state index contributed by atoms with van der Waals surface area (Å²) < 4.78 is 10.7. The number of nitrogens with zero attached hydrogens (tertiary/aromatic N) is 1. The van der Waals surface area contributed by atoms with Crippen LogP contribution in [0.3, 0.4) is 0 Å². The van der Waals surface area contributed by atoms with Crippen LogP contribution in [-0.2, 0) is 0 Å². The lowest BCUT2D eigenvalue weighted by Gasteiger charge is -2.18.